The van der Waals surface area contributed by atoms with E-state index in [-0.39, 0.29) is 18.0 Å². The van der Waals surface area contributed by atoms with E-state index in [4.69, 9.17) is 4.74 Å². The molecule has 2 rings (SSSR count). The molecule has 0 saturated carbocycles. The van der Waals surface area contributed by atoms with Crippen LogP contribution >= 0.6 is 0 Å². The first-order valence-electron chi connectivity index (χ1n) is 9.42. The number of nitrogens with one attached hydrogen (secondary N) is 1. The first kappa shape index (κ1) is 24.6. The fourth-order valence-corrected chi connectivity index (χ4v) is 4.87. The molecule has 0 aliphatic rings. The van der Waals surface area contributed by atoms with Crippen molar-refractivity contribution in [2.45, 2.75) is 17.9 Å². The van der Waals surface area contributed by atoms with Crippen LogP contribution in [0.5, 0.6) is 5.75 Å². The molecule has 0 bridgehead atoms. The monoisotopic (exact) mass is 469 g/mol. The van der Waals surface area contributed by atoms with Crippen LogP contribution in [0.1, 0.15) is 6.92 Å². The third-order valence-corrected chi connectivity index (χ3v) is 7.44. The summed E-state index contributed by atoms with van der Waals surface area (Å²) in [7, 11) is -4.28. The van der Waals surface area contributed by atoms with Gasteiger partial charge in [0.05, 0.1) is 23.4 Å². The van der Waals surface area contributed by atoms with Gasteiger partial charge in [-0.05, 0) is 43.3 Å². The Bertz CT molecular complexity index is 1090. The van der Waals surface area contributed by atoms with Gasteiger partial charge in [0.1, 0.15) is 18.4 Å². The summed E-state index contributed by atoms with van der Waals surface area (Å²) in [4.78, 5) is 12.6. The summed E-state index contributed by atoms with van der Waals surface area (Å²) in [6.45, 7) is 1.78. The van der Waals surface area contributed by atoms with Crippen LogP contribution < -0.4 is 14.4 Å². The van der Waals surface area contributed by atoms with Crippen molar-refractivity contribution in [3.05, 3.63) is 54.6 Å². The highest BCUT2D eigenvalue weighted by Gasteiger charge is 2.28. The summed E-state index contributed by atoms with van der Waals surface area (Å²) in [5, 5.41) is 2.65. The smallest absolute Gasteiger partial charge is 0.243 e. The zero-order chi connectivity index (χ0) is 23.2. The van der Waals surface area contributed by atoms with Gasteiger partial charge in [0.25, 0.3) is 0 Å². The maximum absolute atomic E-state index is 12.5. The van der Waals surface area contributed by atoms with Crippen LogP contribution in [-0.2, 0) is 24.8 Å². The van der Waals surface area contributed by atoms with Gasteiger partial charge in [-0.1, -0.05) is 18.2 Å². The predicted molar refractivity (Wildman–Crippen MR) is 119 cm³/mol. The van der Waals surface area contributed by atoms with Crippen LogP contribution in [0.25, 0.3) is 0 Å². The van der Waals surface area contributed by atoms with Crippen molar-refractivity contribution in [1.29, 1.82) is 0 Å². The van der Waals surface area contributed by atoms with Gasteiger partial charge in [-0.15, -0.1) is 0 Å². The zero-order valence-electron chi connectivity index (χ0n) is 17.8. The lowest BCUT2D eigenvalue weighted by Crippen LogP contribution is -2.48. The molecule has 0 spiro atoms. The number of hydrogen-bond donors (Lipinski definition) is 1. The second-order valence-corrected chi connectivity index (χ2v) is 11.0. The van der Waals surface area contributed by atoms with Crippen molar-refractivity contribution >= 4 is 31.6 Å². The Balaban J connectivity index is 1.93. The lowest BCUT2D eigenvalue weighted by Gasteiger charge is -2.28. The number of para-hydroxylation sites is 1. The normalized spacial score (nSPS) is 12.9. The summed E-state index contributed by atoms with van der Waals surface area (Å²) in [6.07, 6.45) is 1.05. The molecule has 1 amide bonds. The van der Waals surface area contributed by atoms with Crippen molar-refractivity contribution < 1.29 is 26.4 Å². The molecular formula is C20H27N3O6S2. The Hall–Kier alpha value is -2.63. The standard InChI is InChI=1S/C20H27N3O6S2/c1-16(23(30(4,25)26)17-8-6-5-7-9-17)20(24)21-14-15-29-18-10-12-19(13-11-18)31(27,28)22(2)3/h5-13,16H,14-15H2,1-4H3,(H,21,24). The highest BCUT2D eigenvalue weighted by Crippen LogP contribution is 2.20. The summed E-state index contributed by atoms with van der Waals surface area (Å²) >= 11 is 0. The SMILES string of the molecule is CC(C(=O)NCCOc1ccc(S(=O)(=O)N(C)C)cc1)N(c1ccccc1)S(C)(=O)=O. The van der Waals surface area contributed by atoms with Gasteiger partial charge in [-0.25, -0.2) is 21.1 Å². The molecule has 2 aromatic rings. The molecule has 9 nitrogen and oxygen atoms in total. The topological polar surface area (TPSA) is 113 Å². The zero-order valence-corrected chi connectivity index (χ0v) is 19.5. The van der Waals surface area contributed by atoms with E-state index in [0.717, 1.165) is 14.9 Å². The molecule has 1 unspecified atom stereocenters. The molecule has 1 atom stereocenters. The molecule has 11 heteroatoms. The second kappa shape index (κ2) is 10.1. The molecule has 0 saturated heterocycles. The van der Waals surface area contributed by atoms with Gasteiger partial charge >= 0.3 is 0 Å². The lowest BCUT2D eigenvalue weighted by molar-refractivity contribution is -0.121. The van der Waals surface area contributed by atoms with Gasteiger partial charge in [-0.3, -0.25) is 9.10 Å². The van der Waals surface area contributed by atoms with E-state index in [1.165, 1.54) is 45.3 Å². The largest absolute Gasteiger partial charge is 0.492 e. The molecule has 0 radical (unpaired) electrons. The van der Waals surface area contributed by atoms with Crippen molar-refractivity contribution in [2.75, 3.05) is 37.8 Å². The van der Waals surface area contributed by atoms with E-state index in [9.17, 15) is 21.6 Å². The quantitative estimate of drug-likeness (QED) is 0.525. The van der Waals surface area contributed by atoms with E-state index >= 15 is 0 Å². The van der Waals surface area contributed by atoms with Crippen LogP contribution in [0.2, 0.25) is 0 Å². The first-order chi connectivity index (χ1) is 14.4. The van der Waals surface area contributed by atoms with Crippen molar-refractivity contribution in [3.8, 4) is 5.75 Å². The minimum atomic E-state index is -3.67. The minimum Gasteiger partial charge on any atom is -0.492 e. The maximum Gasteiger partial charge on any atom is 0.243 e. The van der Waals surface area contributed by atoms with Gasteiger partial charge in [0.15, 0.2) is 0 Å². The number of sulfonamides is 2. The Kier molecular flexibility index (Phi) is 8.04. The number of anilines is 1. The Labute approximate surface area is 183 Å². The molecule has 0 fully saturated rings. The average molecular weight is 470 g/mol. The third kappa shape index (κ3) is 6.42. The average Bonchev–Trinajstić information content (AvgIpc) is 2.71. The number of rotatable bonds is 10. The Morgan fingerprint density at radius 3 is 2.10 bits per heavy atom. The number of amides is 1. The fourth-order valence-electron chi connectivity index (χ4n) is 2.79. The maximum atomic E-state index is 12.5. The molecule has 0 aromatic heterocycles. The molecule has 0 heterocycles. The molecule has 2 aromatic carbocycles. The summed E-state index contributed by atoms with van der Waals surface area (Å²) in [5.41, 5.74) is 0.400. The van der Waals surface area contributed by atoms with Crippen LogP contribution in [0, 0.1) is 0 Å². The number of nitrogens with zero attached hydrogens (tertiary/aromatic N) is 2. The van der Waals surface area contributed by atoms with E-state index in [2.05, 4.69) is 5.32 Å². The highest BCUT2D eigenvalue weighted by molar-refractivity contribution is 7.92. The van der Waals surface area contributed by atoms with Crippen LogP contribution in [0.4, 0.5) is 5.69 Å². The fraction of sp³-hybridized carbons (Fsp3) is 0.350. The number of carbonyl (C=O) groups is 1. The summed E-state index contributed by atoms with van der Waals surface area (Å²) in [5.74, 6) is -0.0210. The van der Waals surface area contributed by atoms with Crippen molar-refractivity contribution in [1.82, 2.24) is 9.62 Å². The van der Waals surface area contributed by atoms with Gasteiger partial charge < -0.3 is 10.1 Å². The van der Waals surface area contributed by atoms with Crippen molar-refractivity contribution in [2.24, 2.45) is 0 Å². The summed E-state index contributed by atoms with van der Waals surface area (Å²) < 4.78 is 56.2. The van der Waals surface area contributed by atoms with Crippen LogP contribution in [0.15, 0.2) is 59.5 Å². The molecule has 170 valence electrons. The number of benzene rings is 2. The molecule has 0 aliphatic heterocycles. The molecule has 31 heavy (non-hydrogen) atoms. The third-order valence-electron chi connectivity index (χ3n) is 4.37. The predicted octanol–water partition coefficient (Wildman–Crippen LogP) is 1.29. The van der Waals surface area contributed by atoms with E-state index in [1.54, 1.807) is 30.3 Å². The van der Waals surface area contributed by atoms with Crippen LogP contribution in [-0.4, -0.2) is 66.6 Å². The van der Waals surface area contributed by atoms with E-state index < -0.39 is 32.0 Å². The summed E-state index contributed by atoms with van der Waals surface area (Å²) in [6, 6.07) is 13.4. The second-order valence-electron chi connectivity index (χ2n) is 6.97. The molecular weight excluding hydrogens is 442 g/mol. The lowest BCUT2D eigenvalue weighted by atomic mass is 10.2. The Morgan fingerprint density at radius 2 is 1.58 bits per heavy atom. The van der Waals surface area contributed by atoms with E-state index in [1.807, 2.05) is 0 Å². The van der Waals surface area contributed by atoms with E-state index in [0.29, 0.717) is 11.4 Å². The van der Waals surface area contributed by atoms with Gasteiger partial charge in [-0.2, -0.15) is 0 Å². The van der Waals surface area contributed by atoms with Gasteiger partial charge in [0, 0.05) is 14.1 Å². The van der Waals surface area contributed by atoms with Crippen molar-refractivity contribution in [3.63, 3.8) is 0 Å². The minimum absolute atomic E-state index is 0.127. The molecule has 0 aliphatic carbocycles. The number of ether oxygens (including phenoxy) is 1. The van der Waals surface area contributed by atoms with Gasteiger partial charge in [0.2, 0.25) is 26.0 Å². The van der Waals surface area contributed by atoms with Crippen LogP contribution in [0.3, 0.4) is 0 Å². The molecule has 1 N–H and O–H groups in total. The first-order valence-corrected chi connectivity index (χ1v) is 12.7. The number of carbonyl (C=O) groups excluding carboxylic acids is 1. The number of hydrogen-bond acceptors (Lipinski definition) is 6. The Morgan fingerprint density at radius 1 is 1.00 bits per heavy atom. The highest BCUT2D eigenvalue weighted by atomic mass is 32.2.